The minimum atomic E-state index is -0.728. The molecule has 1 N–H and O–H groups in total. The molecule has 7 heteroatoms. The zero-order chi connectivity index (χ0) is 24.2. The average Bonchev–Trinajstić information content (AvgIpc) is 2.96. The van der Waals surface area contributed by atoms with Crippen LogP contribution in [0.4, 0.5) is 4.79 Å². The SMILES string of the molecule is CCN1CC(=O)N(CCCCC(C)(C)CCCCOCCCCC(C)(C)CC(=O)O)C1=O. The molecule has 32 heavy (non-hydrogen) atoms. The molecular formula is C25H46N2O5. The highest BCUT2D eigenvalue weighted by molar-refractivity contribution is 6.01. The number of amides is 3. The summed E-state index contributed by atoms with van der Waals surface area (Å²) in [5.41, 5.74) is 0.108. The van der Waals surface area contributed by atoms with E-state index in [4.69, 9.17) is 9.84 Å². The summed E-state index contributed by atoms with van der Waals surface area (Å²) < 4.78 is 5.75. The maximum atomic E-state index is 12.1. The zero-order valence-corrected chi connectivity index (χ0v) is 21.1. The summed E-state index contributed by atoms with van der Waals surface area (Å²) in [7, 11) is 0. The number of hydrogen-bond donors (Lipinski definition) is 1. The summed E-state index contributed by atoms with van der Waals surface area (Å²) in [6.45, 7) is 13.4. The minimum Gasteiger partial charge on any atom is -0.481 e. The number of likely N-dealkylation sites (N-methyl/N-ethyl adjacent to an activating group) is 1. The van der Waals surface area contributed by atoms with Gasteiger partial charge in [0.15, 0.2) is 0 Å². The van der Waals surface area contributed by atoms with Crippen molar-refractivity contribution < 1.29 is 24.2 Å². The lowest BCUT2D eigenvalue weighted by Gasteiger charge is -2.25. The number of imide groups is 1. The van der Waals surface area contributed by atoms with Crippen LogP contribution in [0.5, 0.6) is 0 Å². The fraction of sp³-hybridized carbons (Fsp3) is 0.880. The van der Waals surface area contributed by atoms with Crippen LogP contribution in [0.2, 0.25) is 0 Å². The molecule has 1 aliphatic heterocycles. The first-order chi connectivity index (χ1) is 15.0. The molecule has 0 spiro atoms. The van der Waals surface area contributed by atoms with Crippen molar-refractivity contribution in [3.8, 4) is 0 Å². The standard InChI is InChI=1S/C25H46N2O5/c1-6-26-20-21(28)27(23(26)31)16-10-7-13-24(2,3)14-8-11-17-32-18-12-9-15-25(4,5)19-22(29)30/h6-20H2,1-5H3,(H,29,30). The largest absolute Gasteiger partial charge is 0.481 e. The zero-order valence-electron chi connectivity index (χ0n) is 21.1. The van der Waals surface area contributed by atoms with Gasteiger partial charge in [0, 0.05) is 26.3 Å². The van der Waals surface area contributed by atoms with Crippen molar-refractivity contribution in [1.82, 2.24) is 9.80 Å². The predicted octanol–water partition coefficient (Wildman–Crippen LogP) is 5.33. The normalized spacial score (nSPS) is 15.2. The van der Waals surface area contributed by atoms with Crippen molar-refractivity contribution in [1.29, 1.82) is 0 Å². The number of aliphatic carboxylic acids is 1. The van der Waals surface area contributed by atoms with Gasteiger partial charge in [-0.05, 0) is 56.3 Å². The van der Waals surface area contributed by atoms with E-state index in [1.807, 2.05) is 20.8 Å². The Labute approximate surface area is 194 Å². The Morgan fingerprint density at radius 2 is 1.44 bits per heavy atom. The second kappa shape index (κ2) is 13.8. The highest BCUT2D eigenvalue weighted by Crippen LogP contribution is 2.30. The number of carboxylic acid groups (broad SMARTS) is 1. The average molecular weight is 455 g/mol. The molecule has 0 unspecified atom stereocenters. The summed E-state index contributed by atoms with van der Waals surface area (Å²) >= 11 is 0. The van der Waals surface area contributed by atoms with Crippen molar-refractivity contribution in [2.75, 3.05) is 32.8 Å². The summed E-state index contributed by atoms with van der Waals surface area (Å²) in [4.78, 5) is 37.9. The quantitative estimate of drug-likeness (QED) is 0.224. The molecule has 1 fully saturated rings. The monoisotopic (exact) mass is 454 g/mol. The van der Waals surface area contributed by atoms with Gasteiger partial charge < -0.3 is 14.7 Å². The van der Waals surface area contributed by atoms with E-state index in [1.54, 1.807) is 4.90 Å². The molecule has 1 saturated heterocycles. The Balaban J connectivity index is 2.04. The van der Waals surface area contributed by atoms with Crippen molar-refractivity contribution in [2.24, 2.45) is 10.8 Å². The third-order valence-electron chi connectivity index (χ3n) is 6.41. The molecule has 0 aromatic rings. The molecule has 7 nitrogen and oxygen atoms in total. The van der Waals surface area contributed by atoms with Crippen LogP contribution >= 0.6 is 0 Å². The first kappa shape index (κ1) is 28.4. The van der Waals surface area contributed by atoms with Gasteiger partial charge in [-0.2, -0.15) is 0 Å². The van der Waals surface area contributed by atoms with Gasteiger partial charge in [0.25, 0.3) is 0 Å². The van der Waals surface area contributed by atoms with E-state index in [-0.39, 0.29) is 35.7 Å². The number of urea groups is 1. The second-order valence-corrected chi connectivity index (χ2v) is 10.7. The Hall–Kier alpha value is -1.63. The van der Waals surface area contributed by atoms with E-state index < -0.39 is 5.97 Å². The molecule has 0 aromatic carbocycles. The second-order valence-electron chi connectivity index (χ2n) is 10.7. The molecule has 0 atom stereocenters. The Morgan fingerprint density at radius 1 is 0.906 bits per heavy atom. The first-order valence-electron chi connectivity index (χ1n) is 12.4. The lowest BCUT2D eigenvalue weighted by Crippen LogP contribution is -2.33. The number of unbranched alkanes of at least 4 members (excludes halogenated alkanes) is 3. The molecule has 0 aliphatic carbocycles. The summed E-state index contributed by atoms with van der Waals surface area (Å²) in [5.74, 6) is -0.797. The number of rotatable bonds is 18. The Kier molecular flexibility index (Phi) is 12.3. The fourth-order valence-corrected chi connectivity index (χ4v) is 4.27. The van der Waals surface area contributed by atoms with E-state index in [1.165, 1.54) is 4.90 Å². The van der Waals surface area contributed by atoms with Crippen molar-refractivity contribution in [2.45, 2.75) is 98.8 Å². The van der Waals surface area contributed by atoms with Gasteiger partial charge in [-0.3, -0.25) is 14.5 Å². The molecule has 0 aromatic heterocycles. The number of hydrogen-bond acceptors (Lipinski definition) is 4. The molecule has 0 bridgehead atoms. The van der Waals surface area contributed by atoms with Gasteiger partial charge in [-0.1, -0.05) is 47.0 Å². The topological polar surface area (TPSA) is 87.2 Å². The maximum Gasteiger partial charge on any atom is 0.327 e. The van der Waals surface area contributed by atoms with Crippen molar-refractivity contribution >= 4 is 17.9 Å². The van der Waals surface area contributed by atoms with Crippen molar-refractivity contribution in [3.05, 3.63) is 0 Å². The number of carbonyl (C=O) groups is 3. The molecule has 186 valence electrons. The number of ether oxygens (including phenoxy) is 1. The summed E-state index contributed by atoms with van der Waals surface area (Å²) in [5, 5.41) is 8.92. The van der Waals surface area contributed by atoms with Gasteiger partial charge in [-0.15, -0.1) is 0 Å². The molecule has 0 saturated carbocycles. The van der Waals surface area contributed by atoms with Gasteiger partial charge >= 0.3 is 12.0 Å². The van der Waals surface area contributed by atoms with Crippen molar-refractivity contribution in [3.63, 3.8) is 0 Å². The van der Waals surface area contributed by atoms with Gasteiger partial charge in [0.05, 0.1) is 6.42 Å². The lowest BCUT2D eigenvalue weighted by atomic mass is 9.82. The number of carboxylic acids is 1. The van der Waals surface area contributed by atoms with E-state index >= 15 is 0 Å². The molecule has 1 aliphatic rings. The molecule has 1 heterocycles. The van der Waals surface area contributed by atoms with E-state index in [2.05, 4.69) is 13.8 Å². The van der Waals surface area contributed by atoms with Crippen LogP contribution in [0.15, 0.2) is 0 Å². The highest BCUT2D eigenvalue weighted by Gasteiger charge is 2.34. The molecule has 3 amide bonds. The first-order valence-corrected chi connectivity index (χ1v) is 12.4. The maximum absolute atomic E-state index is 12.1. The van der Waals surface area contributed by atoms with E-state index in [9.17, 15) is 14.4 Å². The number of nitrogens with zero attached hydrogens (tertiary/aromatic N) is 2. The van der Waals surface area contributed by atoms with Gasteiger partial charge in [0.2, 0.25) is 5.91 Å². The fourth-order valence-electron chi connectivity index (χ4n) is 4.27. The summed E-state index contributed by atoms with van der Waals surface area (Å²) in [6, 6.07) is -0.138. The van der Waals surface area contributed by atoms with Gasteiger partial charge in [-0.25, -0.2) is 4.79 Å². The van der Waals surface area contributed by atoms with Crippen LogP contribution in [-0.2, 0) is 14.3 Å². The van der Waals surface area contributed by atoms with Crippen LogP contribution in [0.1, 0.15) is 98.8 Å². The molecular weight excluding hydrogens is 408 g/mol. The third-order valence-corrected chi connectivity index (χ3v) is 6.41. The smallest absolute Gasteiger partial charge is 0.327 e. The van der Waals surface area contributed by atoms with E-state index in [0.29, 0.717) is 13.1 Å². The van der Waals surface area contributed by atoms with Crippen LogP contribution < -0.4 is 0 Å². The summed E-state index contributed by atoms with van der Waals surface area (Å²) in [6.07, 6.45) is 9.41. The van der Waals surface area contributed by atoms with Crippen LogP contribution in [0.3, 0.4) is 0 Å². The Morgan fingerprint density at radius 3 is 1.94 bits per heavy atom. The van der Waals surface area contributed by atoms with E-state index in [0.717, 1.165) is 71.0 Å². The Bertz CT molecular complexity index is 603. The number of carbonyl (C=O) groups excluding carboxylic acids is 2. The van der Waals surface area contributed by atoms with Gasteiger partial charge in [0.1, 0.15) is 6.54 Å². The predicted molar refractivity (Wildman–Crippen MR) is 127 cm³/mol. The minimum absolute atomic E-state index is 0.0694. The molecule has 1 rings (SSSR count). The highest BCUT2D eigenvalue weighted by atomic mass is 16.5. The van der Waals surface area contributed by atoms with Crippen LogP contribution in [0, 0.1) is 10.8 Å². The molecule has 0 radical (unpaired) electrons. The third kappa shape index (κ3) is 11.3. The van der Waals surface area contributed by atoms with Crippen LogP contribution in [-0.4, -0.2) is 65.7 Å². The lowest BCUT2D eigenvalue weighted by molar-refractivity contribution is -0.139. The van der Waals surface area contributed by atoms with Crippen LogP contribution in [0.25, 0.3) is 0 Å².